The number of fused-ring (bicyclic) bond motifs is 1. The number of rotatable bonds is 4. The number of hydrogen-bond acceptors (Lipinski definition) is 8. The smallest absolute Gasteiger partial charge is 0.259 e. The van der Waals surface area contributed by atoms with Gasteiger partial charge in [-0.3, -0.25) is 4.79 Å². The second kappa shape index (κ2) is 7.13. The first-order valence-electron chi connectivity index (χ1n) is 9.18. The molecule has 0 aliphatic heterocycles. The molecule has 0 saturated carbocycles. The molecule has 5 aromatic rings. The van der Waals surface area contributed by atoms with Gasteiger partial charge in [0.1, 0.15) is 11.5 Å². The number of furan rings is 1. The molecule has 0 bridgehead atoms. The lowest BCUT2D eigenvalue weighted by Crippen LogP contribution is -2.15. The highest BCUT2D eigenvalue weighted by molar-refractivity contribution is 6.13. The van der Waals surface area contributed by atoms with E-state index in [1.54, 1.807) is 32.0 Å². The number of halogens is 1. The minimum Gasteiger partial charge on any atom is -0.463 e. The summed E-state index contributed by atoms with van der Waals surface area (Å²) in [5.74, 6) is -0.201. The van der Waals surface area contributed by atoms with Gasteiger partial charge in [0.25, 0.3) is 11.6 Å². The van der Waals surface area contributed by atoms with Crippen LogP contribution in [-0.4, -0.2) is 36.3 Å². The van der Waals surface area contributed by atoms with Crippen molar-refractivity contribution in [2.75, 3.05) is 5.32 Å². The molecule has 0 unspecified atom stereocenters. The number of nitrogens with one attached hydrogen (secondary N) is 1. The third kappa shape index (κ3) is 3.21. The minimum atomic E-state index is -0.610. The van der Waals surface area contributed by atoms with Crippen LogP contribution in [-0.2, 0) is 0 Å². The standard InChI is InChI=1S/C20H14FN7O3/c1-10-18-13(9-16(17-4-3-7-30-17)23-20(18)31-25-10)19(29)22-15-8-12(5-6-14(15)21)28-11(2)24-26-27-28/h3-9H,1-2H3,(H,22,29). The van der Waals surface area contributed by atoms with Gasteiger partial charge >= 0.3 is 0 Å². The lowest BCUT2D eigenvalue weighted by molar-refractivity contribution is 0.102. The van der Waals surface area contributed by atoms with Gasteiger partial charge in [-0.25, -0.2) is 9.37 Å². The van der Waals surface area contributed by atoms with E-state index in [4.69, 9.17) is 8.94 Å². The Kier molecular flexibility index (Phi) is 4.28. The second-order valence-corrected chi connectivity index (χ2v) is 6.74. The molecule has 11 heteroatoms. The normalized spacial score (nSPS) is 11.2. The van der Waals surface area contributed by atoms with Crippen LogP contribution in [0.4, 0.5) is 10.1 Å². The highest BCUT2D eigenvalue weighted by atomic mass is 19.1. The summed E-state index contributed by atoms with van der Waals surface area (Å²) in [4.78, 5) is 17.5. The van der Waals surface area contributed by atoms with Crippen LogP contribution in [0.5, 0.6) is 0 Å². The molecule has 0 spiro atoms. The molecular weight excluding hydrogens is 405 g/mol. The van der Waals surface area contributed by atoms with Crippen LogP contribution in [0.2, 0.25) is 0 Å². The molecule has 5 rings (SSSR count). The van der Waals surface area contributed by atoms with Crippen molar-refractivity contribution >= 4 is 22.7 Å². The van der Waals surface area contributed by atoms with Crippen molar-refractivity contribution < 1.29 is 18.1 Å². The number of amides is 1. The summed E-state index contributed by atoms with van der Waals surface area (Å²) in [5, 5.41) is 18.2. The largest absolute Gasteiger partial charge is 0.463 e. The van der Waals surface area contributed by atoms with Crippen LogP contribution < -0.4 is 5.32 Å². The number of aryl methyl sites for hydroxylation is 2. The summed E-state index contributed by atoms with van der Waals surface area (Å²) < 4.78 is 26.5. The van der Waals surface area contributed by atoms with Crippen molar-refractivity contribution in [3.63, 3.8) is 0 Å². The van der Waals surface area contributed by atoms with E-state index in [1.807, 2.05) is 0 Å². The van der Waals surface area contributed by atoms with Crippen LogP contribution in [0, 0.1) is 19.7 Å². The molecule has 4 heterocycles. The zero-order valence-electron chi connectivity index (χ0n) is 16.3. The summed E-state index contributed by atoms with van der Waals surface area (Å²) in [6.45, 7) is 3.40. The summed E-state index contributed by atoms with van der Waals surface area (Å²) >= 11 is 0. The van der Waals surface area contributed by atoms with Crippen molar-refractivity contribution in [3.8, 4) is 17.1 Å². The van der Waals surface area contributed by atoms with Gasteiger partial charge in [-0.05, 0) is 60.7 Å². The van der Waals surface area contributed by atoms with E-state index in [9.17, 15) is 9.18 Å². The Labute approximate surface area is 173 Å². The molecular formula is C20H14FN7O3. The van der Waals surface area contributed by atoms with E-state index < -0.39 is 11.7 Å². The van der Waals surface area contributed by atoms with Gasteiger partial charge in [0.2, 0.25) is 0 Å². The van der Waals surface area contributed by atoms with Gasteiger partial charge in [-0.2, -0.15) is 4.68 Å². The molecule has 0 fully saturated rings. The van der Waals surface area contributed by atoms with Gasteiger partial charge < -0.3 is 14.3 Å². The molecule has 1 N–H and O–H groups in total. The van der Waals surface area contributed by atoms with Crippen molar-refractivity contribution in [2.24, 2.45) is 0 Å². The van der Waals surface area contributed by atoms with Crippen molar-refractivity contribution in [1.82, 2.24) is 30.3 Å². The zero-order chi connectivity index (χ0) is 21.5. The fraction of sp³-hybridized carbons (Fsp3) is 0.100. The Morgan fingerprint density at radius 2 is 2.06 bits per heavy atom. The number of pyridine rings is 1. The first-order valence-corrected chi connectivity index (χ1v) is 9.18. The third-order valence-corrected chi connectivity index (χ3v) is 4.70. The van der Waals surface area contributed by atoms with Crippen molar-refractivity contribution in [2.45, 2.75) is 13.8 Å². The predicted octanol–water partition coefficient (Wildman–Crippen LogP) is 3.47. The molecule has 1 amide bonds. The van der Waals surface area contributed by atoms with E-state index >= 15 is 0 Å². The van der Waals surface area contributed by atoms with Gasteiger partial charge in [0, 0.05) is 0 Å². The van der Waals surface area contributed by atoms with Crippen LogP contribution >= 0.6 is 0 Å². The number of tetrazole rings is 1. The first kappa shape index (κ1) is 18.6. The molecule has 1 aromatic carbocycles. The molecule has 0 radical (unpaired) electrons. The molecule has 154 valence electrons. The van der Waals surface area contributed by atoms with Crippen LogP contribution in [0.3, 0.4) is 0 Å². The first-order chi connectivity index (χ1) is 15.0. The Morgan fingerprint density at radius 1 is 1.19 bits per heavy atom. The number of hydrogen-bond donors (Lipinski definition) is 1. The monoisotopic (exact) mass is 419 g/mol. The van der Waals surface area contributed by atoms with Crippen LogP contribution in [0.1, 0.15) is 21.9 Å². The maximum atomic E-state index is 14.5. The quantitative estimate of drug-likeness (QED) is 0.469. The fourth-order valence-corrected chi connectivity index (χ4v) is 3.23. The number of nitrogens with zero attached hydrogens (tertiary/aromatic N) is 6. The number of carbonyl (C=O) groups is 1. The van der Waals surface area contributed by atoms with Gasteiger partial charge in [0.05, 0.1) is 34.3 Å². The lowest BCUT2D eigenvalue weighted by Gasteiger charge is -2.10. The number of aromatic nitrogens is 6. The topological polar surface area (TPSA) is 125 Å². The maximum Gasteiger partial charge on any atom is 0.259 e. The zero-order valence-corrected chi connectivity index (χ0v) is 16.3. The summed E-state index contributed by atoms with van der Waals surface area (Å²) in [7, 11) is 0. The van der Waals surface area contributed by atoms with Gasteiger partial charge in [-0.15, -0.1) is 5.10 Å². The molecule has 0 saturated heterocycles. The third-order valence-electron chi connectivity index (χ3n) is 4.70. The number of benzene rings is 1. The average Bonchev–Trinajstić information content (AvgIpc) is 3.51. The fourth-order valence-electron chi connectivity index (χ4n) is 3.23. The summed E-state index contributed by atoms with van der Waals surface area (Å²) in [6, 6.07) is 9.15. The SMILES string of the molecule is Cc1noc2nc(-c3ccco3)cc(C(=O)Nc3cc(-n4nnnc4C)ccc3F)c12. The second-order valence-electron chi connectivity index (χ2n) is 6.74. The molecule has 0 atom stereocenters. The molecule has 31 heavy (non-hydrogen) atoms. The average molecular weight is 419 g/mol. The maximum absolute atomic E-state index is 14.5. The molecule has 0 aliphatic carbocycles. The van der Waals surface area contributed by atoms with Gasteiger partial charge in [0.15, 0.2) is 11.6 Å². The van der Waals surface area contributed by atoms with Crippen molar-refractivity contribution in [1.29, 1.82) is 0 Å². The number of anilines is 1. The van der Waals surface area contributed by atoms with E-state index in [0.717, 1.165) is 0 Å². The molecule has 4 aromatic heterocycles. The molecule has 0 aliphatic rings. The van der Waals surface area contributed by atoms with Crippen LogP contribution in [0.15, 0.2) is 51.6 Å². The van der Waals surface area contributed by atoms with E-state index in [1.165, 1.54) is 29.1 Å². The summed E-state index contributed by atoms with van der Waals surface area (Å²) in [5.41, 5.74) is 1.73. The Morgan fingerprint density at radius 3 is 2.81 bits per heavy atom. The number of carbonyl (C=O) groups excluding carboxylic acids is 1. The highest BCUT2D eigenvalue weighted by Gasteiger charge is 2.21. The highest BCUT2D eigenvalue weighted by Crippen LogP contribution is 2.28. The Hall–Kier alpha value is -4.41. The van der Waals surface area contributed by atoms with E-state index in [0.29, 0.717) is 34.0 Å². The van der Waals surface area contributed by atoms with Crippen LogP contribution in [0.25, 0.3) is 28.2 Å². The Bertz CT molecular complexity index is 1420. The van der Waals surface area contributed by atoms with E-state index in [-0.39, 0.29) is 17.0 Å². The Balaban J connectivity index is 1.57. The predicted molar refractivity (Wildman–Crippen MR) is 106 cm³/mol. The lowest BCUT2D eigenvalue weighted by atomic mass is 10.1. The van der Waals surface area contributed by atoms with Crippen molar-refractivity contribution in [3.05, 3.63) is 65.6 Å². The minimum absolute atomic E-state index is 0.0315. The molecule has 10 nitrogen and oxygen atoms in total. The summed E-state index contributed by atoms with van der Waals surface area (Å²) in [6.07, 6.45) is 1.49. The van der Waals surface area contributed by atoms with E-state index in [2.05, 4.69) is 31.0 Å². The van der Waals surface area contributed by atoms with Gasteiger partial charge in [-0.1, -0.05) is 5.16 Å².